The quantitative estimate of drug-likeness (QED) is 0.516. The first-order valence-corrected chi connectivity index (χ1v) is 11.2. The van der Waals surface area contributed by atoms with E-state index in [1.807, 2.05) is 13.8 Å². The molecule has 2 saturated carbocycles. The van der Waals surface area contributed by atoms with Gasteiger partial charge in [-0.15, -0.1) is 6.58 Å². The minimum atomic E-state index is -1.25. The summed E-state index contributed by atoms with van der Waals surface area (Å²) < 4.78 is 18.1. The Labute approximate surface area is 185 Å². The molecule has 31 heavy (non-hydrogen) atoms. The van der Waals surface area contributed by atoms with E-state index in [2.05, 4.69) is 20.4 Å². The molecule has 0 bridgehead atoms. The highest BCUT2D eigenvalue weighted by atomic mass is 16.6. The van der Waals surface area contributed by atoms with Crippen LogP contribution in [0.2, 0.25) is 0 Å². The van der Waals surface area contributed by atoms with Gasteiger partial charge in [-0.2, -0.15) is 0 Å². The number of aliphatic hydroxyl groups is 2. The van der Waals surface area contributed by atoms with E-state index < -0.39 is 64.8 Å². The number of carbonyl (C=O) groups is 2. The van der Waals surface area contributed by atoms with Crippen LogP contribution in [0.1, 0.15) is 67.7 Å². The summed E-state index contributed by atoms with van der Waals surface area (Å²) in [5.74, 6) is -1.74. The molecular formula is C24H38O7. The Morgan fingerprint density at radius 1 is 1.03 bits per heavy atom. The molecule has 2 N–H and O–H groups in total. The van der Waals surface area contributed by atoms with Crippen LogP contribution in [0, 0.1) is 22.7 Å². The Kier molecular flexibility index (Phi) is 5.91. The molecule has 0 aromatic carbocycles. The van der Waals surface area contributed by atoms with Crippen molar-refractivity contribution in [3.05, 3.63) is 12.7 Å². The van der Waals surface area contributed by atoms with E-state index in [1.54, 1.807) is 13.0 Å². The summed E-state index contributed by atoms with van der Waals surface area (Å²) in [4.78, 5) is 24.1. The van der Waals surface area contributed by atoms with E-state index >= 15 is 0 Å². The first-order valence-electron chi connectivity index (χ1n) is 11.2. The third kappa shape index (κ3) is 3.62. The lowest BCUT2D eigenvalue weighted by Crippen LogP contribution is -2.78. The van der Waals surface area contributed by atoms with Crippen molar-refractivity contribution < 1.29 is 34.0 Å². The minimum absolute atomic E-state index is 0.340. The molecule has 0 aromatic heterocycles. The highest BCUT2D eigenvalue weighted by Gasteiger charge is 2.73. The molecule has 0 amide bonds. The van der Waals surface area contributed by atoms with Crippen LogP contribution in [0.15, 0.2) is 12.7 Å². The number of hydrogen-bond acceptors (Lipinski definition) is 7. The molecule has 176 valence electrons. The lowest BCUT2D eigenvalue weighted by atomic mass is 9.41. The van der Waals surface area contributed by atoms with Gasteiger partial charge in [0.15, 0.2) is 0 Å². The van der Waals surface area contributed by atoms with Crippen LogP contribution in [-0.2, 0) is 23.8 Å². The van der Waals surface area contributed by atoms with E-state index in [-0.39, 0.29) is 5.41 Å². The van der Waals surface area contributed by atoms with E-state index in [1.165, 1.54) is 13.8 Å². The van der Waals surface area contributed by atoms with Gasteiger partial charge in [-0.1, -0.05) is 26.8 Å². The van der Waals surface area contributed by atoms with Gasteiger partial charge >= 0.3 is 11.9 Å². The Hall–Kier alpha value is -1.44. The average Bonchev–Trinajstić information content (AvgIpc) is 2.61. The topological polar surface area (TPSA) is 102 Å². The van der Waals surface area contributed by atoms with Crippen LogP contribution < -0.4 is 0 Å². The third-order valence-electron chi connectivity index (χ3n) is 8.29. The fourth-order valence-electron chi connectivity index (χ4n) is 7.35. The fraction of sp³-hybridized carbons (Fsp3) is 0.833. The van der Waals surface area contributed by atoms with Crippen molar-refractivity contribution in [1.29, 1.82) is 0 Å². The average molecular weight is 439 g/mol. The van der Waals surface area contributed by atoms with E-state index in [0.717, 1.165) is 6.42 Å². The smallest absolute Gasteiger partial charge is 0.302 e. The first-order chi connectivity index (χ1) is 14.1. The molecule has 0 spiro atoms. The van der Waals surface area contributed by atoms with Crippen molar-refractivity contribution in [3.8, 4) is 0 Å². The maximum absolute atomic E-state index is 12.1. The standard InChI is InChI=1S/C24H38O7/c1-9-22(6)12-15(29-13(2)25)18-23(7)16(30-14(3)26)10-11-21(4,5)19(23)17(27)20(28)24(18,8)31-22/h9,15-20,27-28H,1,10-12H2,2-8H3. The molecule has 7 heteroatoms. The minimum Gasteiger partial charge on any atom is -0.462 e. The van der Waals surface area contributed by atoms with Gasteiger partial charge in [0, 0.05) is 37.5 Å². The van der Waals surface area contributed by atoms with Crippen LogP contribution in [0.3, 0.4) is 0 Å². The lowest BCUT2D eigenvalue weighted by Gasteiger charge is -2.69. The summed E-state index contributed by atoms with van der Waals surface area (Å²) in [6.07, 6.45) is -0.109. The van der Waals surface area contributed by atoms with Crippen LogP contribution in [0.25, 0.3) is 0 Å². The molecule has 1 aliphatic heterocycles. The Balaban J connectivity index is 2.25. The van der Waals surface area contributed by atoms with Crippen LogP contribution >= 0.6 is 0 Å². The Morgan fingerprint density at radius 3 is 2.13 bits per heavy atom. The van der Waals surface area contributed by atoms with Gasteiger partial charge in [0.25, 0.3) is 0 Å². The fourth-order valence-corrected chi connectivity index (χ4v) is 7.35. The number of aliphatic hydroxyl groups excluding tert-OH is 2. The van der Waals surface area contributed by atoms with Gasteiger partial charge < -0.3 is 24.4 Å². The summed E-state index contributed by atoms with van der Waals surface area (Å²) in [6.45, 7) is 16.3. The van der Waals surface area contributed by atoms with Crippen molar-refractivity contribution in [2.45, 2.75) is 103 Å². The number of ether oxygens (including phenoxy) is 3. The number of fused-ring (bicyclic) bond motifs is 3. The van der Waals surface area contributed by atoms with Crippen LogP contribution in [0.4, 0.5) is 0 Å². The number of esters is 2. The Morgan fingerprint density at radius 2 is 1.61 bits per heavy atom. The first kappa shape index (κ1) is 24.2. The monoisotopic (exact) mass is 438 g/mol. The summed E-state index contributed by atoms with van der Waals surface area (Å²) in [7, 11) is 0. The van der Waals surface area contributed by atoms with Crippen molar-refractivity contribution in [1.82, 2.24) is 0 Å². The number of rotatable bonds is 3. The second-order valence-electron chi connectivity index (χ2n) is 11.0. The predicted molar refractivity (Wildman–Crippen MR) is 114 cm³/mol. The number of carbonyl (C=O) groups excluding carboxylic acids is 2. The number of hydrogen-bond donors (Lipinski definition) is 2. The second-order valence-corrected chi connectivity index (χ2v) is 11.0. The molecule has 3 fully saturated rings. The predicted octanol–water partition coefficient (Wildman–Crippen LogP) is 2.77. The summed E-state index contributed by atoms with van der Waals surface area (Å²) in [5.41, 5.74) is -3.26. The maximum Gasteiger partial charge on any atom is 0.302 e. The molecule has 1 saturated heterocycles. The zero-order chi connectivity index (χ0) is 23.6. The lowest BCUT2D eigenvalue weighted by molar-refractivity contribution is -0.353. The van der Waals surface area contributed by atoms with Crippen LogP contribution in [-0.4, -0.2) is 57.8 Å². The van der Waals surface area contributed by atoms with Crippen molar-refractivity contribution in [3.63, 3.8) is 0 Å². The third-order valence-corrected chi connectivity index (χ3v) is 8.29. The molecule has 2 aliphatic carbocycles. The summed E-state index contributed by atoms with van der Waals surface area (Å²) in [5, 5.41) is 22.8. The molecule has 3 rings (SSSR count). The molecule has 9 atom stereocenters. The zero-order valence-corrected chi connectivity index (χ0v) is 19.8. The van der Waals surface area contributed by atoms with Gasteiger partial charge in [0.1, 0.15) is 23.9 Å². The largest absolute Gasteiger partial charge is 0.462 e. The van der Waals surface area contributed by atoms with E-state index in [0.29, 0.717) is 12.8 Å². The van der Waals surface area contributed by atoms with E-state index in [9.17, 15) is 19.8 Å². The van der Waals surface area contributed by atoms with Gasteiger partial charge in [0.2, 0.25) is 0 Å². The van der Waals surface area contributed by atoms with Gasteiger partial charge in [-0.3, -0.25) is 9.59 Å². The molecule has 9 unspecified atom stereocenters. The Bertz CT molecular complexity index is 763. The van der Waals surface area contributed by atoms with Crippen LogP contribution in [0.5, 0.6) is 0 Å². The molecule has 0 aromatic rings. The summed E-state index contributed by atoms with van der Waals surface area (Å²) >= 11 is 0. The molecule has 3 aliphatic rings. The van der Waals surface area contributed by atoms with Gasteiger partial charge in [0.05, 0.1) is 11.7 Å². The SMILES string of the molecule is C=CC1(C)CC(OC(C)=O)C2C(C)(O1)C(O)C(O)C1C(C)(C)CCC(OC(C)=O)C12C. The van der Waals surface area contributed by atoms with Gasteiger partial charge in [-0.25, -0.2) is 0 Å². The van der Waals surface area contributed by atoms with E-state index in [4.69, 9.17) is 14.2 Å². The molecule has 0 radical (unpaired) electrons. The van der Waals surface area contributed by atoms with Crippen molar-refractivity contribution in [2.24, 2.45) is 22.7 Å². The highest BCUT2D eigenvalue weighted by molar-refractivity contribution is 5.67. The summed E-state index contributed by atoms with van der Waals surface area (Å²) in [6, 6.07) is 0. The van der Waals surface area contributed by atoms with Gasteiger partial charge in [-0.05, 0) is 32.1 Å². The molecule has 1 heterocycles. The molecule has 7 nitrogen and oxygen atoms in total. The van der Waals surface area contributed by atoms with Crippen molar-refractivity contribution >= 4 is 11.9 Å². The normalized spacial score (nSPS) is 48.7. The zero-order valence-electron chi connectivity index (χ0n) is 19.8. The molecular weight excluding hydrogens is 400 g/mol. The second kappa shape index (κ2) is 7.56. The highest BCUT2D eigenvalue weighted by Crippen LogP contribution is 2.66. The maximum atomic E-state index is 12.1. The van der Waals surface area contributed by atoms with Crippen molar-refractivity contribution in [2.75, 3.05) is 0 Å².